The molecule has 1 aromatic heterocycles. The first kappa shape index (κ1) is 17.3. The lowest BCUT2D eigenvalue weighted by molar-refractivity contribution is 0.592. The van der Waals surface area contributed by atoms with Crippen LogP contribution in [0.3, 0.4) is 0 Å². The quantitative estimate of drug-likeness (QED) is 0.790. The third-order valence-corrected chi connectivity index (χ3v) is 3.66. The van der Waals surface area contributed by atoms with Crippen LogP contribution >= 0.6 is 0 Å². The van der Waals surface area contributed by atoms with E-state index in [1.807, 2.05) is 12.1 Å². The van der Waals surface area contributed by atoms with E-state index in [9.17, 15) is 0 Å². The first-order valence-corrected chi connectivity index (χ1v) is 8.29. The van der Waals surface area contributed by atoms with Gasteiger partial charge in [0, 0.05) is 18.4 Å². The molecule has 2 N–H and O–H groups in total. The molecule has 4 nitrogen and oxygen atoms in total. The number of nitrogens with zero attached hydrogens (tertiary/aromatic N) is 2. The van der Waals surface area contributed by atoms with Crippen LogP contribution in [0.25, 0.3) is 0 Å². The van der Waals surface area contributed by atoms with E-state index in [-0.39, 0.29) is 5.41 Å². The third-order valence-electron chi connectivity index (χ3n) is 3.66. The summed E-state index contributed by atoms with van der Waals surface area (Å²) in [6, 6.07) is 10.2. The lowest BCUT2D eigenvalue weighted by Crippen LogP contribution is -2.14. The second-order valence-electron chi connectivity index (χ2n) is 7.30. The van der Waals surface area contributed by atoms with Crippen molar-refractivity contribution in [2.75, 3.05) is 17.2 Å². The van der Waals surface area contributed by atoms with Crippen molar-refractivity contribution in [3.05, 3.63) is 42.1 Å². The smallest absolute Gasteiger partial charge is 0.229 e. The van der Waals surface area contributed by atoms with Crippen LogP contribution in [0.1, 0.15) is 46.6 Å². The van der Waals surface area contributed by atoms with Gasteiger partial charge in [-0.1, -0.05) is 52.8 Å². The molecule has 0 bridgehead atoms. The third kappa shape index (κ3) is 5.23. The Morgan fingerprint density at radius 1 is 1.09 bits per heavy atom. The van der Waals surface area contributed by atoms with Gasteiger partial charge in [0.25, 0.3) is 0 Å². The Morgan fingerprint density at radius 3 is 2.52 bits per heavy atom. The molecule has 0 spiro atoms. The van der Waals surface area contributed by atoms with E-state index < -0.39 is 0 Å². The van der Waals surface area contributed by atoms with Crippen LogP contribution < -0.4 is 10.6 Å². The zero-order chi connectivity index (χ0) is 16.9. The van der Waals surface area contributed by atoms with Crippen molar-refractivity contribution in [3.63, 3.8) is 0 Å². The lowest BCUT2D eigenvalue weighted by Gasteiger charge is -2.23. The SMILES string of the molecule is CC(C)CCNc1ccnc(Nc2ccccc2C(C)(C)C)n1. The molecule has 0 saturated heterocycles. The van der Waals surface area contributed by atoms with Crippen LogP contribution in [-0.4, -0.2) is 16.5 Å². The molecule has 2 rings (SSSR count). The molecule has 0 radical (unpaired) electrons. The van der Waals surface area contributed by atoms with Crippen molar-refractivity contribution in [2.24, 2.45) is 5.92 Å². The Balaban J connectivity index is 2.12. The van der Waals surface area contributed by atoms with Crippen molar-refractivity contribution in [1.29, 1.82) is 0 Å². The summed E-state index contributed by atoms with van der Waals surface area (Å²) in [5.74, 6) is 2.16. The standard InChI is InChI=1S/C19H28N4/c1-14(2)10-12-20-17-11-13-21-18(23-17)22-16-9-7-6-8-15(16)19(3,4)5/h6-9,11,13-14H,10,12H2,1-5H3,(H2,20,21,22,23). The van der Waals surface area contributed by atoms with Gasteiger partial charge in [-0.15, -0.1) is 0 Å². The van der Waals surface area contributed by atoms with Gasteiger partial charge in [0.2, 0.25) is 5.95 Å². The molecule has 0 aliphatic rings. The molecule has 23 heavy (non-hydrogen) atoms. The number of hydrogen-bond acceptors (Lipinski definition) is 4. The highest BCUT2D eigenvalue weighted by atomic mass is 15.1. The highest BCUT2D eigenvalue weighted by Gasteiger charge is 2.17. The van der Waals surface area contributed by atoms with Crippen molar-refractivity contribution in [1.82, 2.24) is 9.97 Å². The van der Waals surface area contributed by atoms with E-state index in [0.717, 1.165) is 24.5 Å². The van der Waals surface area contributed by atoms with Gasteiger partial charge in [-0.2, -0.15) is 4.98 Å². The Hall–Kier alpha value is -2.10. The second-order valence-corrected chi connectivity index (χ2v) is 7.30. The highest BCUT2D eigenvalue weighted by Crippen LogP contribution is 2.30. The Morgan fingerprint density at radius 2 is 1.83 bits per heavy atom. The minimum Gasteiger partial charge on any atom is -0.370 e. The van der Waals surface area contributed by atoms with Gasteiger partial charge in [-0.25, -0.2) is 4.98 Å². The lowest BCUT2D eigenvalue weighted by atomic mass is 9.86. The van der Waals surface area contributed by atoms with Crippen LogP contribution in [0.15, 0.2) is 36.5 Å². The molecule has 0 saturated carbocycles. The number of para-hydroxylation sites is 1. The van der Waals surface area contributed by atoms with E-state index >= 15 is 0 Å². The predicted octanol–water partition coefficient (Wildman–Crippen LogP) is 4.98. The van der Waals surface area contributed by atoms with Crippen LogP contribution in [0.2, 0.25) is 0 Å². The van der Waals surface area contributed by atoms with Gasteiger partial charge in [-0.05, 0) is 35.4 Å². The fourth-order valence-corrected chi connectivity index (χ4v) is 2.37. The zero-order valence-electron chi connectivity index (χ0n) is 14.9. The highest BCUT2D eigenvalue weighted by molar-refractivity contribution is 5.61. The van der Waals surface area contributed by atoms with Crippen LogP contribution in [0.4, 0.5) is 17.5 Å². The molecule has 0 amide bonds. The van der Waals surface area contributed by atoms with E-state index in [4.69, 9.17) is 0 Å². The summed E-state index contributed by atoms with van der Waals surface area (Å²) in [7, 11) is 0. The number of anilines is 3. The van der Waals surface area contributed by atoms with Gasteiger partial charge in [0.1, 0.15) is 5.82 Å². The maximum Gasteiger partial charge on any atom is 0.229 e. The average molecular weight is 312 g/mol. The fraction of sp³-hybridized carbons (Fsp3) is 0.474. The van der Waals surface area contributed by atoms with E-state index in [1.165, 1.54) is 5.56 Å². The van der Waals surface area contributed by atoms with Gasteiger partial charge < -0.3 is 10.6 Å². The normalized spacial score (nSPS) is 11.6. The molecule has 0 atom stereocenters. The van der Waals surface area contributed by atoms with Gasteiger partial charge in [0.05, 0.1) is 0 Å². The van der Waals surface area contributed by atoms with Crippen molar-refractivity contribution >= 4 is 17.5 Å². The molecule has 4 heteroatoms. The average Bonchev–Trinajstić information content (AvgIpc) is 2.47. The van der Waals surface area contributed by atoms with Crippen molar-refractivity contribution in [2.45, 2.75) is 46.5 Å². The molecule has 124 valence electrons. The molecular weight excluding hydrogens is 284 g/mol. The van der Waals surface area contributed by atoms with Crippen LogP contribution in [-0.2, 0) is 5.41 Å². The molecule has 0 aliphatic carbocycles. The van der Waals surface area contributed by atoms with E-state index in [2.05, 4.69) is 73.4 Å². The number of rotatable bonds is 6. The number of hydrogen-bond donors (Lipinski definition) is 2. The minimum atomic E-state index is 0.0662. The molecule has 0 fully saturated rings. The topological polar surface area (TPSA) is 49.8 Å². The maximum atomic E-state index is 4.55. The molecular formula is C19H28N4. The zero-order valence-corrected chi connectivity index (χ0v) is 14.9. The number of aromatic nitrogens is 2. The molecule has 1 heterocycles. The number of nitrogens with one attached hydrogen (secondary N) is 2. The summed E-state index contributed by atoms with van der Waals surface area (Å²) < 4.78 is 0. The summed E-state index contributed by atoms with van der Waals surface area (Å²) in [6.07, 6.45) is 2.91. The molecule has 1 aromatic carbocycles. The van der Waals surface area contributed by atoms with E-state index in [0.29, 0.717) is 11.9 Å². The number of benzene rings is 1. The van der Waals surface area contributed by atoms with Crippen LogP contribution in [0.5, 0.6) is 0 Å². The second kappa shape index (κ2) is 7.44. The van der Waals surface area contributed by atoms with Crippen LogP contribution in [0, 0.1) is 5.92 Å². The van der Waals surface area contributed by atoms with Gasteiger partial charge in [-0.3, -0.25) is 0 Å². The Bertz CT molecular complexity index is 629. The van der Waals surface area contributed by atoms with Crippen molar-refractivity contribution in [3.8, 4) is 0 Å². The summed E-state index contributed by atoms with van der Waals surface area (Å²) in [5, 5.41) is 6.71. The largest absolute Gasteiger partial charge is 0.370 e. The first-order valence-electron chi connectivity index (χ1n) is 8.29. The summed E-state index contributed by atoms with van der Waals surface area (Å²) in [4.78, 5) is 8.89. The minimum absolute atomic E-state index is 0.0662. The Kier molecular flexibility index (Phi) is 5.59. The molecule has 2 aromatic rings. The predicted molar refractivity (Wildman–Crippen MR) is 98.4 cm³/mol. The van der Waals surface area contributed by atoms with Crippen molar-refractivity contribution < 1.29 is 0 Å². The molecule has 0 aliphatic heterocycles. The maximum absolute atomic E-state index is 4.55. The monoisotopic (exact) mass is 312 g/mol. The summed E-state index contributed by atoms with van der Waals surface area (Å²) in [6.45, 7) is 12.0. The summed E-state index contributed by atoms with van der Waals surface area (Å²) >= 11 is 0. The van der Waals surface area contributed by atoms with Gasteiger partial charge >= 0.3 is 0 Å². The van der Waals surface area contributed by atoms with E-state index in [1.54, 1.807) is 6.20 Å². The molecule has 0 unspecified atom stereocenters. The fourth-order valence-electron chi connectivity index (χ4n) is 2.37. The first-order chi connectivity index (χ1) is 10.9. The Labute approximate surface area is 139 Å². The summed E-state index contributed by atoms with van der Waals surface area (Å²) in [5.41, 5.74) is 2.37. The van der Waals surface area contributed by atoms with Gasteiger partial charge in [0.15, 0.2) is 0 Å².